The highest BCUT2D eigenvalue weighted by Gasteiger charge is 2.25. The van der Waals surface area contributed by atoms with Gasteiger partial charge >= 0.3 is 0 Å². The second kappa shape index (κ2) is 10.2. The van der Waals surface area contributed by atoms with Crippen LogP contribution in [0.3, 0.4) is 0 Å². The highest BCUT2D eigenvalue weighted by molar-refractivity contribution is 7.20. The summed E-state index contributed by atoms with van der Waals surface area (Å²) in [7, 11) is 0. The lowest BCUT2D eigenvalue weighted by Gasteiger charge is -2.21. The lowest BCUT2D eigenvalue weighted by molar-refractivity contribution is 0.0947. The molecule has 3 aromatic rings. The largest absolute Gasteiger partial charge is 0.368 e. The molecule has 2 aromatic carbocycles. The van der Waals surface area contributed by atoms with Crippen molar-refractivity contribution >= 4 is 52.5 Å². The summed E-state index contributed by atoms with van der Waals surface area (Å²) >= 11 is 13.5. The monoisotopic (exact) mass is 503 g/mol. The van der Waals surface area contributed by atoms with Gasteiger partial charge in [0.1, 0.15) is 4.34 Å². The number of rotatable bonds is 2. The van der Waals surface area contributed by atoms with Crippen LogP contribution in [0.2, 0.25) is 8.67 Å². The van der Waals surface area contributed by atoms with E-state index in [-0.39, 0.29) is 11.7 Å². The fourth-order valence-corrected chi connectivity index (χ4v) is 6.11. The number of aryl methyl sites for hydroxylation is 1. The summed E-state index contributed by atoms with van der Waals surface area (Å²) in [6.07, 6.45) is 18.7. The molecule has 2 nitrogen and oxygen atoms in total. The van der Waals surface area contributed by atoms with Crippen LogP contribution in [0.15, 0.2) is 79.2 Å². The summed E-state index contributed by atoms with van der Waals surface area (Å²) in [5.41, 5.74) is 5.79. The number of halogens is 2. The average Bonchev–Trinajstić information content (AvgIpc) is 3.05. The quantitative estimate of drug-likeness (QED) is 0.406. The Morgan fingerprint density at radius 3 is 2.47 bits per heavy atom. The fourth-order valence-electron chi connectivity index (χ4n) is 4.64. The SMILES string of the molecule is C1=CC=CNC=C1.O=C(c1cc(Cl)sc1Cl)C1C=c2c(ccc3c2=CCc2ccccc2-3)CC1. The van der Waals surface area contributed by atoms with Crippen LogP contribution in [0.5, 0.6) is 0 Å². The Hall–Kier alpha value is -2.85. The maximum Gasteiger partial charge on any atom is 0.172 e. The van der Waals surface area contributed by atoms with Gasteiger partial charge in [-0.1, -0.05) is 83.9 Å². The zero-order chi connectivity index (χ0) is 23.5. The minimum absolute atomic E-state index is 0.0719. The summed E-state index contributed by atoms with van der Waals surface area (Å²) in [6, 6.07) is 14.7. The van der Waals surface area contributed by atoms with Crippen molar-refractivity contribution in [2.75, 3.05) is 0 Å². The van der Waals surface area contributed by atoms with Crippen molar-refractivity contribution in [3.05, 3.63) is 115 Å². The minimum Gasteiger partial charge on any atom is -0.368 e. The molecule has 0 fully saturated rings. The molecule has 5 heteroatoms. The molecule has 1 aromatic heterocycles. The van der Waals surface area contributed by atoms with Crippen LogP contribution >= 0.6 is 34.5 Å². The molecule has 1 unspecified atom stereocenters. The number of benzene rings is 2. The van der Waals surface area contributed by atoms with E-state index in [1.807, 2.05) is 36.7 Å². The lowest BCUT2D eigenvalue weighted by atomic mass is 9.82. The van der Waals surface area contributed by atoms with Crippen molar-refractivity contribution in [2.45, 2.75) is 19.3 Å². The van der Waals surface area contributed by atoms with Crippen molar-refractivity contribution in [1.29, 1.82) is 0 Å². The molecular formula is C29H23Cl2NOS. The molecule has 0 bridgehead atoms. The van der Waals surface area contributed by atoms with Gasteiger partial charge in [0.2, 0.25) is 0 Å². The van der Waals surface area contributed by atoms with E-state index in [1.54, 1.807) is 6.07 Å². The van der Waals surface area contributed by atoms with Crippen LogP contribution < -0.4 is 15.8 Å². The molecule has 1 atom stereocenters. The summed E-state index contributed by atoms with van der Waals surface area (Å²) < 4.78 is 1.04. The van der Waals surface area contributed by atoms with E-state index in [1.165, 1.54) is 44.0 Å². The second-order valence-electron chi connectivity index (χ2n) is 8.35. The van der Waals surface area contributed by atoms with Gasteiger partial charge in [-0.25, -0.2) is 0 Å². The number of carbonyl (C=O) groups is 1. The van der Waals surface area contributed by atoms with E-state index in [4.69, 9.17) is 23.2 Å². The molecule has 0 saturated heterocycles. The molecule has 3 aliphatic rings. The predicted molar refractivity (Wildman–Crippen MR) is 145 cm³/mol. The normalized spacial score (nSPS) is 16.9. The van der Waals surface area contributed by atoms with Crippen LogP contribution in [-0.4, -0.2) is 5.78 Å². The van der Waals surface area contributed by atoms with Crippen molar-refractivity contribution in [3.8, 4) is 11.1 Å². The van der Waals surface area contributed by atoms with Gasteiger partial charge in [-0.05, 0) is 70.2 Å². The predicted octanol–water partition coefficient (Wildman–Crippen LogP) is 6.46. The Bertz CT molecular complexity index is 1450. The lowest BCUT2D eigenvalue weighted by Crippen LogP contribution is -2.37. The number of hydrogen-bond acceptors (Lipinski definition) is 3. The van der Waals surface area contributed by atoms with Gasteiger partial charge in [0, 0.05) is 23.9 Å². The van der Waals surface area contributed by atoms with Crippen LogP contribution in [0.25, 0.3) is 23.3 Å². The first-order chi connectivity index (χ1) is 16.6. The third-order valence-electron chi connectivity index (χ3n) is 6.28. The van der Waals surface area contributed by atoms with Gasteiger partial charge in [0.15, 0.2) is 5.78 Å². The Labute approximate surface area is 213 Å². The molecule has 2 aliphatic carbocycles. The Morgan fingerprint density at radius 2 is 1.71 bits per heavy atom. The highest BCUT2D eigenvalue weighted by Crippen LogP contribution is 2.34. The number of nitrogens with one attached hydrogen (secondary N) is 1. The number of thiophene rings is 1. The Balaban J connectivity index is 0.000000297. The van der Waals surface area contributed by atoms with Crippen molar-refractivity contribution in [3.63, 3.8) is 0 Å². The standard InChI is InChI=1S/C23H16Cl2OS.C6H7N/c24-21-12-20(23(25)27-21)22(26)15-6-5-14-8-9-17-16-4-2-1-3-13(16)7-10-18(17)19(14)11-15;1-2-4-6-7-5-3-1/h1-4,8-12,15H,5-7H2;1-7H. The first-order valence-corrected chi connectivity index (χ1v) is 12.8. The maximum atomic E-state index is 13.0. The summed E-state index contributed by atoms with van der Waals surface area (Å²) in [5, 5.41) is 5.40. The van der Waals surface area contributed by atoms with Gasteiger partial charge in [-0.2, -0.15) is 0 Å². The summed E-state index contributed by atoms with van der Waals surface area (Å²) in [6.45, 7) is 0. The van der Waals surface area contributed by atoms with Crippen molar-refractivity contribution in [2.24, 2.45) is 5.92 Å². The molecule has 6 rings (SSSR count). The van der Waals surface area contributed by atoms with Crippen LogP contribution in [0.4, 0.5) is 0 Å². The Kier molecular flexibility index (Phi) is 6.87. The molecule has 0 spiro atoms. The van der Waals surface area contributed by atoms with Gasteiger partial charge in [-0.15, -0.1) is 11.3 Å². The Morgan fingerprint density at radius 1 is 0.912 bits per heavy atom. The number of carbonyl (C=O) groups excluding carboxylic acids is 1. The number of allylic oxidation sites excluding steroid dienone is 4. The number of hydrogen-bond donors (Lipinski definition) is 1. The maximum absolute atomic E-state index is 13.0. The van der Waals surface area contributed by atoms with E-state index in [0.717, 1.165) is 19.3 Å². The average molecular weight is 504 g/mol. The van der Waals surface area contributed by atoms with E-state index in [9.17, 15) is 4.79 Å². The number of Topliss-reactive ketones (excluding diaryl/α,β-unsaturated/α-hetero) is 1. The second-order valence-corrected chi connectivity index (χ2v) is 10.6. The number of fused-ring (bicyclic) bond motifs is 5. The van der Waals surface area contributed by atoms with Gasteiger partial charge in [0.25, 0.3) is 0 Å². The van der Waals surface area contributed by atoms with Gasteiger partial charge in [0.05, 0.1) is 4.34 Å². The van der Waals surface area contributed by atoms with Crippen molar-refractivity contribution < 1.29 is 4.79 Å². The van der Waals surface area contributed by atoms with E-state index in [0.29, 0.717) is 14.2 Å². The number of ketones is 1. The topological polar surface area (TPSA) is 29.1 Å². The third kappa shape index (κ3) is 4.69. The fraction of sp³-hybridized carbons (Fsp3) is 0.138. The molecule has 0 amide bonds. The summed E-state index contributed by atoms with van der Waals surface area (Å²) in [5.74, 6) is -0.0830. The van der Waals surface area contributed by atoms with Crippen LogP contribution in [0.1, 0.15) is 27.9 Å². The van der Waals surface area contributed by atoms with E-state index in [2.05, 4.69) is 53.9 Å². The molecule has 0 radical (unpaired) electrons. The first-order valence-electron chi connectivity index (χ1n) is 11.3. The molecule has 34 heavy (non-hydrogen) atoms. The third-order valence-corrected chi connectivity index (χ3v) is 7.77. The summed E-state index contributed by atoms with van der Waals surface area (Å²) in [4.78, 5) is 13.0. The van der Waals surface area contributed by atoms with Crippen LogP contribution in [-0.2, 0) is 12.8 Å². The smallest absolute Gasteiger partial charge is 0.172 e. The molecule has 2 heterocycles. The molecular weight excluding hydrogens is 481 g/mol. The van der Waals surface area contributed by atoms with Gasteiger partial charge < -0.3 is 5.32 Å². The molecule has 170 valence electrons. The van der Waals surface area contributed by atoms with E-state index < -0.39 is 0 Å². The highest BCUT2D eigenvalue weighted by atomic mass is 35.5. The van der Waals surface area contributed by atoms with E-state index >= 15 is 0 Å². The molecule has 1 N–H and O–H groups in total. The van der Waals surface area contributed by atoms with Crippen LogP contribution in [0, 0.1) is 5.92 Å². The zero-order valence-electron chi connectivity index (χ0n) is 18.4. The van der Waals surface area contributed by atoms with Crippen molar-refractivity contribution in [1.82, 2.24) is 5.32 Å². The zero-order valence-corrected chi connectivity index (χ0v) is 20.8. The first kappa shape index (κ1) is 22.9. The molecule has 0 saturated carbocycles. The minimum atomic E-state index is -0.155. The molecule has 1 aliphatic heterocycles. The van der Waals surface area contributed by atoms with Gasteiger partial charge in [-0.3, -0.25) is 4.79 Å².